The van der Waals surface area contributed by atoms with Crippen molar-refractivity contribution in [3.05, 3.63) is 58.2 Å². The van der Waals surface area contributed by atoms with Crippen LogP contribution in [0.15, 0.2) is 36.5 Å². The van der Waals surface area contributed by atoms with Crippen LogP contribution in [0, 0.1) is 0 Å². The van der Waals surface area contributed by atoms with Crippen LogP contribution in [-0.2, 0) is 19.4 Å². The minimum atomic E-state index is -0.0968. The number of urea groups is 1. The molecule has 1 aromatic carbocycles. The van der Waals surface area contributed by atoms with Gasteiger partial charge in [-0.1, -0.05) is 6.92 Å². The minimum Gasteiger partial charge on any atom is -0.493 e. The van der Waals surface area contributed by atoms with E-state index in [1.54, 1.807) is 20.3 Å². The van der Waals surface area contributed by atoms with Crippen LogP contribution in [0.1, 0.15) is 53.9 Å². The number of aromatic nitrogens is 1. The first kappa shape index (κ1) is 20.9. The Bertz CT molecular complexity index is 1150. The third-order valence-corrected chi connectivity index (χ3v) is 7.92. The second kappa shape index (κ2) is 8.54. The second-order valence-corrected chi connectivity index (χ2v) is 9.43. The van der Waals surface area contributed by atoms with Crippen LogP contribution in [0.5, 0.6) is 11.5 Å². The maximum absolute atomic E-state index is 13.6. The van der Waals surface area contributed by atoms with Gasteiger partial charge in [0.1, 0.15) is 5.00 Å². The molecule has 1 aliphatic heterocycles. The number of anilines is 1. The average Bonchev–Trinajstić information content (AvgIpc) is 3.41. The third-order valence-electron chi connectivity index (χ3n) is 6.59. The van der Waals surface area contributed by atoms with Crippen molar-refractivity contribution in [1.29, 1.82) is 0 Å². The SMILES string of the molecule is CC[C@H]1c2cccn2-c2sc3c(c2CN1C(=O)Nc1ccc(OC)c(OC)c1)CCCC3. The van der Waals surface area contributed by atoms with Gasteiger partial charge in [0.15, 0.2) is 11.5 Å². The zero-order valence-electron chi connectivity index (χ0n) is 18.8. The van der Waals surface area contributed by atoms with Crippen molar-refractivity contribution in [3.8, 4) is 16.5 Å². The highest BCUT2D eigenvalue weighted by Gasteiger charge is 2.34. The van der Waals surface area contributed by atoms with E-state index in [2.05, 4.69) is 35.1 Å². The van der Waals surface area contributed by atoms with E-state index >= 15 is 0 Å². The second-order valence-electron chi connectivity index (χ2n) is 8.35. The van der Waals surface area contributed by atoms with Gasteiger partial charge in [-0.2, -0.15) is 0 Å². The first-order chi connectivity index (χ1) is 15.6. The van der Waals surface area contributed by atoms with Gasteiger partial charge in [0.05, 0.1) is 26.8 Å². The van der Waals surface area contributed by atoms with E-state index in [1.165, 1.54) is 39.5 Å². The summed E-state index contributed by atoms with van der Waals surface area (Å²) >= 11 is 1.91. The quantitative estimate of drug-likeness (QED) is 0.535. The molecule has 1 N–H and O–H groups in total. The Kier molecular flexibility index (Phi) is 5.59. The molecule has 5 rings (SSSR count). The van der Waals surface area contributed by atoms with Crippen LogP contribution in [0.25, 0.3) is 5.00 Å². The molecule has 3 heterocycles. The van der Waals surface area contributed by atoms with Gasteiger partial charge in [-0.05, 0) is 61.9 Å². The van der Waals surface area contributed by atoms with Gasteiger partial charge in [0.2, 0.25) is 0 Å². The normalized spacial score (nSPS) is 17.1. The lowest BCUT2D eigenvalue weighted by atomic mass is 9.95. The van der Waals surface area contributed by atoms with Gasteiger partial charge < -0.3 is 24.3 Å². The number of hydrogen-bond acceptors (Lipinski definition) is 4. The van der Waals surface area contributed by atoms with Gasteiger partial charge in [0.25, 0.3) is 0 Å². The Morgan fingerprint density at radius 3 is 2.72 bits per heavy atom. The largest absolute Gasteiger partial charge is 0.493 e. The number of methoxy groups -OCH3 is 2. The summed E-state index contributed by atoms with van der Waals surface area (Å²) in [5, 5.41) is 4.39. The van der Waals surface area contributed by atoms with Crippen LogP contribution in [0.2, 0.25) is 0 Å². The topological polar surface area (TPSA) is 55.7 Å². The van der Waals surface area contributed by atoms with E-state index in [0.29, 0.717) is 23.7 Å². The summed E-state index contributed by atoms with van der Waals surface area (Å²) in [7, 11) is 3.20. The molecule has 3 aromatic rings. The predicted molar refractivity (Wildman–Crippen MR) is 127 cm³/mol. The molecule has 0 unspecified atom stereocenters. The first-order valence-corrected chi connectivity index (χ1v) is 12.1. The molecule has 2 amide bonds. The molecule has 2 aromatic heterocycles. The number of hydrogen-bond donors (Lipinski definition) is 1. The summed E-state index contributed by atoms with van der Waals surface area (Å²) < 4.78 is 13.1. The number of aryl methyl sites for hydroxylation is 1. The maximum Gasteiger partial charge on any atom is 0.322 e. The van der Waals surface area contributed by atoms with E-state index in [-0.39, 0.29) is 12.1 Å². The van der Waals surface area contributed by atoms with Gasteiger partial charge in [0, 0.05) is 34.1 Å². The van der Waals surface area contributed by atoms with Crippen molar-refractivity contribution in [2.24, 2.45) is 0 Å². The minimum absolute atomic E-state index is 0.00369. The number of nitrogens with one attached hydrogen (secondary N) is 1. The Labute approximate surface area is 192 Å². The fourth-order valence-corrected chi connectivity index (χ4v) is 6.42. The molecular weight excluding hydrogens is 422 g/mol. The summed E-state index contributed by atoms with van der Waals surface area (Å²) in [4.78, 5) is 17.1. The van der Waals surface area contributed by atoms with Gasteiger partial charge in [-0.3, -0.25) is 0 Å². The number of amides is 2. The van der Waals surface area contributed by atoms with Crippen LogP contribution in [-0.4, -0.2) is 29.7 Å². The summed E-state index contributed by atoms with van der Waals surface area (Å²) in [6.45, 7) is 2.77. The fourth-order valence-electron chi connectivity index (χ4n) is 5.02. The number of ether oxygens (including phenoxy) is 2. The number of fused-ring (bicyclic) bond motifs is 5. The van der Waals surface area contributed by atoms with Gasteiger partial charge in [-0.15, -0.1) is 11.3 Å². The molecule has 168 valence electrons. The lowest BCUT2D eigenvalue weighted by molar-refractivity contribution is 0.181. The molecule has 7 heteroatoms. The monoisotopic (exact) mass is 451 g/mol. The number of carbonyl (C=O) groups excluding carboxylic acids is 1. The highest BCUT2D eigenvalue weighted by Crippen LogP contribution is 2.43. The molecular formula is C25H29N3O3S. The van der Waals surface area contributed by atoms with Gasteiger partial charge >= 0.3 is 6.03 Å². The lowest BCUT2D eigenvalue weighted by Crippen LogP contribution is -2.37. The molecule has 0 spiro atoms. The number of rotatable bonds is 4. The smallest absolute Gasteiger partial charge is 0.322 e. The Balaban J connectivity index is 1.52. The van der Waals surface area contributed by atoms with E-state index in [0.717, 1.165) is 19.3 Å². The van der Waals surface area contributed by atoms with Gasteiger partial charge in [-0.25, -0.2) is 4.79 Å². The standard InChI is InChI=1S/C25H29N3O3S/c1-4-19-20-9-7-13-27(20)24-18(17-8-5-6-10-23(17)32-24)15-28(19)25(29)26-16-11-12-21(30-2)22(14-16)31-3/h7,9,11-14,19H,4-6,8,10,15H2,1-3H3,(H,26,29)/t19-/m0/s1. The summed E-state index contributed by atoms with van der Waals surface area (Å²) in [5.41, 5.74) is 4.65. The van der Waals surface area contributed by atoms with Crippen LogP contribution in [0.3, 0.4) is 0 Å². The molecule has 0 fully saturated rings. The van der Waals surface area contributed by atoms with E-state index in [1.807, 2.05) is 28.4 Å². The number of nitrogens with zero attached hydrogens (tertiary/aromatic N) is 2. The molecule has 32 heavy (non-hydrogen) atoms. The first-order valence-electron chi connectivity index (χ1n) is 11.2. The zero-order chi connectivity index (χ0) is 22.2. The summed E-state index contributed by atoms with van der Waals surface area (Å²) in [6, 6.07) is 9.61. The molecule has 1 atom stereocenters. The number of thiophene rings is 1. The third kappa shape index (κ3) is 3.45. The molecule has 1 aliphatic carbocycles. The fraction of sp³-hybridized carbons (Fsp3) is 0.400. The van der Waals surface area contributed by atoms with Crippen molar-refractivity contribution >= 4 is 23.1 Å². The molecule has 2 aliphatic rings. The highest BCUT2D eigenvalue weighted by molar-refractivity contribution is 7.15. The Morgan fingerprint density at radius 1 is 1.12 bits per heavy atom. The molecule has 0 radical (unpaired) electrons. The zero-order valence-corrected chi connectivity index (χ0v) is 19.6. The van der Waals surface area contributed by atoms with Crippen molar-refractivity contribution in [1.82, 2.24) is 9.47 Å². The van der Waals surface area contributed by atoms with E-state index in [9.17, 15) is 4.79 Å². The van der Waals surface area contributed by atoms with Crippen LogP contribution in [0.4, 0.5) is 10.5 Å². The Hall–Kier alpha value is -2.93. The average molecular weight is 452 g/mol. The molecule has 0 saturated carbocycles. The summed E-state index contributed by atoms with van der Waals surface area (Å²) in [5.74, 6) is 1.23. The van der Waals surface area contributed by atoms with Crippen molar-refractivity contribution in [2.75, 3.05) is 19.5 Å². The summed E-state index contributed by atoms with van der Waals surface area (Å²) in [6.07, 6.45) is 7.74. The predicted octanol–water partition coefficient (Wildman–Crippen LogP) is 5.93. The molecule has 6 nitrogen and oxygen atoms in total. The highest BCUT2D eigenvalue weighted by atomic mass is 32.1. The number of carbonyl (C=O) groups is 1. The van der Waals surface area contributed by atoms with Crippen molar-refractivity contribution in [2.45, 2.75) is 51.6 Å². The lowest BCUT2D eigenvalue weighted by Gasteiger charge is -2.30. The molecule has 0 saturated heterocycles. The maximum atomic E-state index is 13.6. The van der Waals surface area contributed by atoms with Crippen LogP contribution < -0.4 is 14.8 Å². The van der Waals surface area contributed by atoms with Crippen LogP contribution >= 0.6 is 11.3 Å². The van der Waals surface area contributed by atoms with Crippen molar-refractivity contribution < 1.29 is 14.3 Å². The van der Waals surface area contributed by atoms with E-state index < -0.39 is 0 Å². The van der Waals surface area contributed by atoms with E-state index in [4.69, 9.17) is 9.47 Å². The Morgan fingerprint density at radius 2 is 1.94 bits per heavy atom. The molecule has 0 bridgehead atoms. The van der Waals surface area contributed by atoms with Crippen molar-refractivity contribution in [3.63, 3.8) is 0 Å². The number of benzene rings is 1.